The molecule has 0 saturated carbocycles. The Bertz CT molecular complexity index is 682. The number of nitrogens with one attached hydrogen (secondary N) is 1. The Kier molecular flexibility index (Phi) is 4.32. The number of methoxy groups -OCH3 is 1. The maximum absolute atomic E-state index is 12.4. The molecule has 0 spiro atoms. The number of hydrogen-bond acceptors (Lipinski definition) is 5. The van der Waals surface area contributed by atoms with Crippen LogP contribution in [-0.2, 0) is 10.0 Å². The molecule has 1 aromatic heterocycles. The molecule has 0 saturated heterocycles. The Hall–Kier alpha value is -1.57. The van der Waals surface area contributed by atoms with Gasteiger partial charge in [-0.15, -0.1) is 0 Å². The minimum atomic E-state index is -3.70. The van der Waals surface area contributed by atoms with Crippen LogP contribution in [0.25, 0.3) is 0 Å². The number of benzene rings is 1. The first-order chi connectivity index (χ1) is 9.44. The van der Waals surface area contributed by atoms with Crippen LogP contribution in [0.3, 0.4) is 0 Å². The van der Waals surface area contributed by atoms with E-state index in [9.17, 15) is 8.42 Å². The summed E-state index contributed by atoms with van der Waals surface area (Å²) in [5.74, 6) is 0.268. The molecular weight excluding hydrogens is 296 g/mol. The molecule has 5 nitrogen and oxygen atoms in total. The zero-order valence-electron chi connectivity index (χ0n) is 11.2. The number of rotatable bonds is 5. The second-order valence-corrected chi connectivity index (χ2v) is 6.77. The van der Waals surface area contributed by atoms with Gasteiger partial charge in [-0.25, -0.2) is 13.1 Å². The van der Waals surface area contributed by atoms with Crippen LogP contribution in [0.1, 0.15) is 18.5 Å². The summed E-state index contributed by atoms with van der Waals surface area (Å²) < 4.78 is 32.6. The molecule has 1 aromatic carbocycles. The predicted octanol–water partition coefficient (Wildman–Crippen LogP) is 2.38. The van der Waals surface area contributed by atoms with E-state index in [0.717, 1.165) is 5.56 Å². The molecule has 0 aliphatic heterocycles. The van der Waals surface area contributed by atoms with E-state index >= 15 is 0 Å². The van der Waals surface area contributed by atoms with Crippen LogP contribution in [0.2, 0.25) is 0 Å². The van der Waals surface area contributed by atoms with Gasteiger partial charge >= 0.3 is 0 Å². The molecule has 2 rings (SSSR count). The lowest BCUT2D eigenvalue weighted by atomic mass is 10.2. The van der Waals surface area contributed by atoms with E-state index in [1.807, 2.05) is 16.8 Å². The smallest absolute Gasteiger partial charge is 0.244 e. The highest BCUT2D eigenvalue weighted by atomic mass is 32.2. The van der Waals surface area contributed by atoms with Crippen LogP contribution in [0.4, 0.5) is 5.69 Å². The van der Waals surface area contributed by atoms with Crippen molar-refractivity contribution < 1.29 is 13.2 Å². The fourth-order valence-corrected chi connectivity index (χ4v) is 3.98. The Morgan fingerprint density at radius 2 is 2.10 bits per heavy atom. The molecule has 1 heterocycles. The Labute approximate surface area is 122 Å². The number of anilines is 1. The highest BCUT2D eigenvalue weighted by molar-refractivity contribution is 7.89. The third kappa shape index (κ3) is 3.12. The zero-order valence-corrected chi connectivity index (χ0v) is 12.8. The molecular formula is C13H16N2O3S2. The normalized spacial score (nSPS) is 13.1. The summed E-state index contributed by atoms with van der Waals surface area (Å²) in [5, 5.41) is 3.81. The number of nitrogen functional groups attached to an aromatic ring is 1. The third-order valence-corrected chi connectivity index (χ3v) is 5.12. The van der Waals surface area contributed by atoms with Crippen molar-refractivity contribution in [1.82, 2.24) is 4.72 Å². The fraction of sp³-hybridized carbons (Fsp3) is 0.231. The van der Waals surface area contributed by atoms with Gasteiger partial charge in [0.1, 0.15) is 10.6 Å². The quantitative estimate of drug-likeness (QED) is 0.831. The van der Waals surface area contributed by atoms with Gasteiger partial charge in [-0.05, 0) is 47.5 Å². The standard InChI is InChI=1S/C13H16N2O3S2/c1-9(10-5-6-19-8-10)15-20(16,17)13-7-11(14)3-4-12(13)18-2/h3-9,15H,14H2,1-2H3. The summed E-state index contributed by atoms with van der Waals surface area (Å²) >= 11 is 1.52. The van der Waals surface area contributed by atoms with E-state index < -0.39 is 10.0 Å². The molecule has 20 heavy (non-hydrogen) atoms. The van der Waals surface area contributed by atoms with Gasteiger partial charge in [0.15, 0.2) is 0 Å². The first-order valence-electron chi connectivity index (χ1n) is 5.92. The van der Waals surface area contributed by atoms with Crippen molar-refractivity contribution in [3.05, 3.63) is 40.6 Å². The summed E-state index contributed by atoms with van der Waals surface area (Å²) in [7, 11) is -2.28. The first kappa shape index (κ1) is 14.8. The topological polar surface area (TPSA) is 81.4 Å². The minimum absolute atomic E-state index is 0.0436. The van der Waals surface area contributed by atoms with Crippen molar-refractivity contribution in [1.29, 1.82) is 0 Å². The van der Waals surface area contributed by atoms with Gasteiger partial charge in [0.05, 0.1) is 7.11 Å². The molecule has 0 bridgehead atoms. The number of ether oxygens (including phenoxy) is 1. The van der Waals surface area contributed by atoms with E-state index in [0.29, 0.717) is 5.69 Å². The van der Waals surface area contributed by atoms with Crippen LogP contribution >= 0.6 is 11.3 Å². The Balaban J connectivity index is 2.33. The van der Waals surface area contributed by atoms with E-state index in [-0.39, 0.29) is 16.7 Å². The lowest BCUT2D eigenvalue weighted by molar-refractivity contribution is 0.402. The van der Waals surface area contributed by atoms with Gasteiger partial charge in [0, 0.05) is 11.7 Å². The van der Waals surface area contributed by atoms with Gasteiger partial charge in [0.2, 0.25) is 10.0 Å². The van der Waals surface area contributed by atoms with Crippen molar-refractivity contribution in [2.75, 3.05) is 12.8 Å². The van der Waals surface area contributed by atoms with Crippen molar-refractivity contribution in [2.24, 2.45) is 0 Å². The highest BCUT2D eigenvalue weighted by Gasteiger charge is 2.22. The molecule has 7 heteroatoms. The monoisotopic (exact) mass is 312 g/mol. The fourth-order valence-electron chi connectivity index (χ4n) is 1.79. The molecule has 3 N–H and O–H groups in total. The summed E-state index contributed by atoms with van der Waals surface area (Å²) in [6.45, 7) is 1.79. The lowest BCUT2D eigenvalue weighted by Gasteiger charge is -2.15. The third-order valence-electron chi connectivity index (χ3n) is 2.85. The van der Waals surface area contributed by atoms with E-state index in [1.165, 1.54) is 24.5 Å². The van der Waals surface area contributed by atoms with Gasteiger partial charge in [-0.3, -0.25) is 0 Å². The van der Waals surface area contributed by atoms with Crippen LogP contribution in [0.15, 0.2) is 39.9 Å². The SMILES string of the molecule is COc1ccc(N)cc1S(=O)(=O)NC(C)c1ccsc1. The molecule has 0 aliphatic rings. The highest BCUT2D eigenvalue weighted by Crippen LogP contribution is 2.27. The van der Waals surface area contributed by atoms with Crippen LogP contribution < -0.4 is 15.2 Å². The van der Waals surface area contributed by atoms with Gasteiger partial charge in [0.25, 0.3) is 0 Å². The average molecular weight is 312 g/mol. The summed E-state index contributed by atoms with van der Waals surface area (Å²) in [6.07, 6.45) is 0. The van der Waals surface area contributed by atoms with Crippen LogP contribution in [-0.4, -0.2) is 15.5 Å². The van der Waals surface area contributed by atoms with E-state index in [2.05, 4.69) is 4.72 Å². The maximum atomic E-state index is 12.4. The second-order valence-electron chi connectivity index (χ2n) is 4.31. The molecule has 1 atom stereocenters. The van der Waals surface area contributed by atoms with Crippen molar-refractivity contribution in [2.45, 2.75) is 17.9 Å². The Morgan fingerprint density at radius 3 is 2.70 bits per heavy atom. The minimum Gasteiger partial charge on any atom is -0.495 e. The number of hydrogen-bond donors (Lipinski definition) is 2. The number of sulfonamides is 1. The molecule has 2 aromatic rings. The van der Waals surface area contributed by atoms with Crippen molar-refractivity contribution in [3.8, 4) is 5.75 Å². The number of thiophene rings is 1. The predicted molar refractivity (Wildman–Crippen MR) is 80.5 cm³/mol. The molecule has 0 radical (unpaired) electrons. The van der Waals surface area contributed by atoms with Gasteiger partial charge in [-0.2, -0.15) is 11.3 Å². The Morgan fingerprint density at radius 1 is 1.35 bits per heavy atom. The molecule has 1 unspecified atom stereocenters. The number of nitrogens with two attached hydrogens (primary N) is 1. The summed E-state index contributed by atoms with van der Waals surface area (Å²) in [5.41, 5.74) is 6.95. The van der Waals surface area contributed by atoms with Gasteiger partial charge in [-0.1, -0.05) is 0 Å². The summed E-state index contributed by atoms with van der Waals surface area (Å²) in [6, 6.07) is 6.09. The van der Waals surface area contributed by atoms with E-state index in [1.54, 1.807) is 19.1 Å². The largest absolute Gasteiger partial charge is 0.495 e. The molecule has 0 amide bonds. The van der Waals surface area contributed by atoms with Crippen LogP contribution in [0.5, 0.6) is 5.75 Å². The lowest BCUT2D eigenvalue weighted by Crippen LogP contribution is -2.27. The van der Waals surface area contributed by atoms with Crippen molar-refractivity contribution >= 4 is 27.0 Å². The first-order valence-corrected chi connectivity index (χ1v) is 8.34. The van der Waals surface area contributed by atoms with Crippen molar-refractivity contribution in [3.63, 3.8) is 0 Å². The van der Waals surface area contributed by atoms with Crippen LogP contribution in [0, 0.1) is 0 Å². The zero-order chi connectivity index (χ0) is 14.8. The second kappa shape index (κ2) is 5.82. The summed E-state index contributed by atoms with van der Waals surface area (Å²) in [4.78, 5) is 0.0436. The molecule has 0 aliphatic carbocycles. The van der Waals surface area contributed by atoms with E-state index in [4.69, 9.17) is 10.5 Å². The molecule has 108 valence electrons. The molecule has 0 fully saturated rings. The van der Waals surface area contributed by atoms with Gasteiger partial charge < -0.3 is 10.5 Å². The average Bonchev–Trinajstić information content (AvgIpc) is 2.92. The maximum Gasteiger partial charge on any atom is 0.244 e.